The second kappa shape index (κ2) is 8.57. The Hall–Kier alpha value is -2.00. The third-order valence-corrected chi connectivity index (χ3v) is 7.14. The lowest BCUT2D eigenvalue weighted by atomic mass is 10.0. The van der Waals surface area contributed by atoms with Crippen molar-refractivity contribution in [1.82, 2.24) is 10.2 Å². The molecule has 2 aliphatic heterocycles. The highest BCUT2D eigenvalue weighted by atomic mass is 32.2. The molecule has 2 atom stereocenters. The highest BCUT2D eigenvalue weighted by Crippen LogP contribution is 2.38. The molecule has 0 spiro atoms. The number of nitrogens with one attached hydrogen (secondary N) is 1. The lowest BCUT2D eigenvalue weighted by molar-refractivity contribution is 0.0899. The first-order chi connectivity index (χ1) is 13.4. The topological polar surface area (TPSA) is 94.2 Å². The van der Waals surface area contributed by atoms with E-state index in [-0.39, 0.29) is 23.5 Å². The largest absolute Gasteiger partial charge is 0.493 e. The first-order valence-corrected chi connectivity index (χ1v) is 11.3. The van der Waals surface area contributed by atoms with Gasteiger partial charge < -0.3 is 19.5 Å². The number of amides is 1. The maximum absolute atomic E-state index is 12.9. The Bertz CT molecular complexity index is 795. The Morgan fingerprint density at radius 1 is 1.00 bits per heavy atom. The quantitative estimate of drug-likeness (QED) is 0.748. The maximum atomic E-state index is 12.9. The predicted molar refractivity (Wildman–Crippen MR) is 105 cm³/mol. The summed E-state index contributed by atoms with van der Waals surface area (Å²) in [6.07, 6.45) is 3.28. The summed E-state index contributed by atoms with van der Waals surface area (Å²) < 4.78 is 40.4. The molecule has 1 aromatic rings. The number of carbonyl (C=O) groups excluding carboxylic acids is 1. The summed E-state index contributed by atoms with van der Waals surface area (Å²) in [5.74, 6) is 0.842. The third-order valence-electron chi connectivity index (χ3n) is 5.43. The van der Waals surface area contributed by atoms with Crippen LogP contribution in [0.2, 0.25) is 0 Å². The van der Waals surface area contributed by atoms with Crippen LogP contribution in [0.15, 0.2) is 12.1 Å². The fourth-order valence-corrected chi connectivity index (χ4v) is 5.99. The van der Waals surface area contributed by atoms with E-state index in [2.05, 4.69) is 10.2 Å². The van der Waals surface area contributed by atoms with Gasteiger partial charge in [0.25, 0.3) is 5.91 Å². The van der Waals surface area contributed by atoms with Gasteiger partial charge in [-0.05, 0) is 38.1 Å². The molecule has 2 fully saturated rings. The highest BCUT2D eigenvalue weighted by Gasteiger charge is 2.42. The molecule has 0 bridgehead atoms. The van der Waals surface area contributed by atoms with E-state index in [4.69, 9.17) is 14.2 Å². The van der Waals surface area contributed by atoms with Gasteiger partial charge in [0.2, 0.25) is 5.75 Å². The van der Waals surface area contributed by atoms with E-state index in [1.807, 2.05) is 0 Å². The van der Waals surface area contributed by atoms with Gasteiger partial charge in [0.1, 0.15) is 0 Å². The molecule has 1 amide bonds. The van der Waals surface area contributed by atoms with Crippen LogP contribution in [-0.4, -0.2) is 77.2 Å². The summed E-state index contributed by atoms with van der Waals surface area (Å²) in [4.78, 5) is 15.1. The van der Waals surface area contributed by atoms with Crippen LogP contribution in [0.4, 0.5) is 0 Å². The Morgan fingerprint density at radius 3 is 2.14 bits per heavy atom. The van der Waals surface area contributed by atoms with Crippen molar-refractivity contribution in [2.24, 2.45) is 0 Å². The van der Waals surface area contributed by atoms with E-state index >= 15 is 0 Å². The molecular weight excluding hydrogens is 384 g/mol. The van der Waals surface area contributed by atoms with Gasteiger partial charge in [-0.1, -0.05) is 6.42 Å². The number of hydrogen-bond donors (Lipinski definition) is 1. The molecule has 2 saturated heterocycles. The smallest absolute Gasteiger partial charge is 0.251 e. The second-order valence-corrected chi connectivity index (χ2v) is 9.39. The van der Waals surface area contributed by atoms with Crippen molar-refractivity contribution >= 4 is 15.7 Å². The van der Waals surface area contributed by atoms with Crippen molar-refractivity contribution < 1.29 is 27.4 Å². The van der Waals surface area contributed by atoms with Gasteiger partial charge in [0, 0.05) is 11.6 Å². The van der Waals surface area contributed by atoms with Crippen LogP contribution in [0, 0.1) is 0 Å². The molecule has 0 aromatic heterocycles. The second-order valence-electron chi connectivity index (χ2n) is 7.23. The summed E-state index contributed by atoms with van der Waals surface area (Å²) in [7, 11) is 1.27. The Kier molecular flexibility index (Phi) is 6.34. The molecule has 1 aromatic carbocycles. The normalized spacial score (nSPS) is 24.5. The van der Waals surface area contributed by atoms with Crippen molar-refractivity contribution in [3.05, 3.63) is 17.7 Å². The molecule has 3 rings (SSSR count). The zero-order valence-electron chi connectivity index (χ0n) is 16.6. The summed E-state index contributed by atoms with van der Waals surface area (Å²) in [5, 5.41) is 2.93. The zero-order chi connectivity index (χ0) is 20.3. The van der Waals surface area contributed by atoms with Crippen molar-refractivity contribution in [1.29, 1.82) is 0 Å². The summed E-state index contributed by atoms with van der Waals surface area (Å²) in [6.45, 7) is 1.74. The van der Waals surface area contributed by atoms with E-state index in [0.717, 1.165) is 25.9 Å². The standard InChI is InChI=1S/C19H28N2O6S/c1-25-16-9-13(10-17(26-2)18(16)27-3)19(22)20-14-11-28(23,24)12-15(14)21-7-5-4-6-8-21/h9-10,14-15H,4-8,11-12H2,1-3H3,(H,20,22). The van der Waals surface area contributed by atoms with E-state index in [0.29, 0.717) is 22.8 Å². The fraction of sp³-hybridized carbons (Fsp3) is 0.632. The summed E-state index contributed by atoms with van der Waals surface area (Å²) >= 11 is 0. The first kappa shape index (κ1) is 20.7. The summed E-state index contributed by atoms with van der Waals surface area (Å²) in [6, 6.07) is 2.51. The SMILES string of the molecule is COc1cc(C(=O)NC2CS(=O)(=O)CC2N2CCCCC2)cc(OC)c1OC. The van der Waals surface area contributed by atoms with Crippen molar-refractivity contribution in [3.8, 4) is 17.2 Å². The van der Waals surface area contributed by atoms with E-state index in [9.17, 15) is 13.2 Å². The highest BCUT2D eigenvalue weighted by molar-refractivity contribution is 7.91. The lowest BCUT2D eigenvalue weighted by Gasteiger charge is -2.35. The number of sulfone groups is 1. The maximum Gasteiger partial charge on any atom is 0.251 e. The van der Waals surface area contributed by atoms with Crippen LogP contribution in [-0.2, 0) is 9.84 Å². The lowest BCUT2D eigenvalue weighted by Crippen LogP contribution is -2.52. The molecule has 0 aliphatic carbocycles. The van der Waals surface area contributed by atoms with Crippen LogP contribution in [0.3, 0.4) is 0 Å². The van der Waals surface area contributed by atoms with Crippen LogP contribution in [0.25, 0.3) is 0 Å². The molecule has 28 heavy (non-hydrogen) atoms. The Labute approximate surface area is 166 Å². The van der Waals surface area contributed by atoms with E-state index < -0.39 is 15.9 Å². The number of hydrogen-bond acceptors (Lipinski definition) is 7. The summed E-state index contributed by atoms with van der Waals surface area (Å²) in [5.41, 5.74) is 0.330. The van der Waals surface area contributed by atoms with Crippen molar-refractivity contribution in [2.45, 2.75) is 31.3 Å². The molecule has 9 heteroatoms. The molecular formula is C19H28N2O6S. The molecule has 2 heterocycles. The third kappa shape index (κ3) is 4.35. The Morgan fingerprint density at radius 2 is 1.61 bits per heavy atom. The molecule has 156 valence electrons. The number of nitrogens with zero attached hydrogens (tertiary/aromatic N) is 1. The van der Waals surface area contributed by atoms with Gasteiger partial charge in [-0.3, -0.25) is 9.69 Å². The van der Waals surface area contributed by atoms with Gasteiger partial charge >= 0.3 is 0 Å². The minimum atomic E-state index is -3.18. The average molecular weight is 413 g/mol. The van der Waals surface area contributed by atoms with Crippen LogP contribution in [0.1, 0.15) is 29.6 Å². The van der Waals surface area contributed by atoms with Crippen LogP contribution < -0.4 is 19.5 Å². The van der Waals surface area contributed by atoms with Gasteiger partial charge in [-0.25, -0.2) is 8.42 Å². The number of carbonyl (C=O) groups is 1. The van der Waals surface area contributed by atoms with Gasteiger partial charge in [0.15, 0.2) is 21.3 Å². The molecule has 0 saturated carbocycles. The molecule has 0 radical (unpaired) electrons. The van der Waals surface area contributed by atoms with E-state index in [1.165, 1.54) is 27.8 Å². The molecule has 2 aliphatic rings. The molecule has 8 nitrogen and oxygen atoms in total. The van der Waals surface area contributed by atoms with Crippen molar-refractivity contribution in [2.75, 3.05) is 45.9 Å². The molecule has 2 unspecified atom stereocenters. The zero-order valence-corrected chi connectivity index (χ0v) is 17.4. The number of piperidine rings is 1. The Balaban J connectivity index is 1.82. The van der Waals surface area contributed by atoms with E-state index in [1.54, 1.807) is 12.1 Å². The minimum absolute atomic E-state index is 0.0374. The first-order valence-electron chi connectivity index (χ1n) is 9.44. The predicted octanol–water partition coefficient (Wildman–Crippen LogP) is 1.09. The number of rotatable bonds is 6. The van der Waals surface area contributed by atoms with Crippen molar-refractivity contribution in [3.63, 3.8) is 0 Å². The van der Waals surface area contributed by atoms with Crippen LogP contribution >= 0.6 is 0 Å². The van der Waals surface area contributed by atoms with Gasteiger partial charge in [-0.2, -0.15) is 0 Å². The number of likely N-dealkylation sites (tertiary alicyclic amines) is 1. The average Bonchev–Trinajstić information content (AvgIpc) is 3.01. The number of benzene rings is 1. The monoisotopic (exact) mass is 412 g/mol. The number of methoxy groups -OCH3 is 3. The molecule has 1 N–H and O–H groups in total. The van der Waals surface area contributed by atoms with Gasteiger partial charge in [-0.15, -0.1) is 0 Å². The minimum Gasteiger partial charge on any atom is -0.493 e. The number of ether oxygens (including phenoxy) is 3. The van der Waals surface area contributed by atoms with Crippen LogP contribution in [0.5, 0.6) is 17.2 Å². The van der Waals surface area contributed by atoms with Gasteiger partial charge in [0.05, 0.1) is 38.9 Å². The fourth-order valence-electron chi connectivity index (χ4n) is 4.04.